The van der Waals surface area contributed by atoms with Gasteiger partial charge in [0.2, 0.25) is 0 Å². The van der Waals surface area contributed by atoms with Crippen LogP contribution in [0.2, 0.25) is 0 Å². The van der Waals surface area contributed by atoms with Gasteiger partial charge in [-0.3, -0.25) is 4.79 Å². The van der Waals surface area contributed by atoms with Gasteiger partial charge in [0.25, 0.3) is 5.91 Å². The summed E-state index contributed by atoms with van der Waals surface area (Å²) < 4.78 is 0. The summed E-state index contributed by atoms with van der Waals surface area (Å²) in [5.74, 6) is 1.10. The average Bonchev–Trinajstić information content (AvgIpc) is 2.83. The summed E-state index contributed by atoms with van der Waals surface area (Å²) in [6, 6.07) is 10.1. The molecule has 2 aliphatic heterocycles. The zero-order valence-electron chi connectivity index (χ0n) is 20.1. The summed E-state index contributed by atoms with van der Waals surface area (Å²) >= 11 is 0. The number of carbonyl (C=O) groups is 2. The fraction of sp³-hybridized carbons (Fsp3) is 0.480. The van der Waals surface area contributed by atoms with Crippen molar-refractivity contribution in [2.45, 2.75) is 13.8 Å². The Hall–Kier alpha value is -3.29. The zero-order chi connectivity index (χ0) is 23.5. The van der Waals surface area contributed by atoms with Crippen LogP contribution < -0.4 is 9.80 Å². The van der Waals surface area contributed by atoms with E-state index in [9.17, 15) is 9.59 Å². The van der Waals surface area contributed by atoms with E-state index in [0.717, 1.165) is 48.8 Å². The molecule has 0 atom stereocenters. The number of anilines is 2. The predicted molar refractivity (Wildman–Crippen MR) is 131 cm³/mol. The molecule has 0 aliphatic carbocycles. The zero-order valence-corrected chi connectivity index (χ0v) is 20.1. The third-order valence-electron chi connectivity index (χ3n) is 6.47. The standard InChI is InChI=1S/C25H34N6O2/c1-19-17-20(2)23(26-18-19)29-11-13-30(14-12-29)24(32)21-5-7-22(8-6-21)28-9-15-31(16-10-28)25(33)27(3)4/h5-8,17-18H,9-16H2,1-4H3. The molecule has 2 saturated heterocycles. The van der Waals surface area contributed by atoms with Crippen LogP contribution in [0.1, 0.15) is 21.5 Å². The second-order valence-electron chi connectivity index (χ2n) is 9.13. The van der Waals surface area contributed by atoms with Crippen LogP contribution in [0.3, 0.4) is 0 Å². The SMILES string of the molecule is Cc1cnc(N2CCN(C(=O)c3ccc(N4CCN(C(=O)N(C)C)CC4)cc3)CC2)c(C)c1. The van der Waals surface area contributed by atoms with Crippen molar-refractivity contribution >= 4 is 23.4 Å². The monoisotopic (exact) mass is 450 g/mol. The Labute approximate surface area is 196 Å². The van der Waals surface area contributed by atoms with Gasteiger partial charge in [0.15, 0.2) is 0 Å². The number of aromatic nitrogens is 1. The molecule has 4 rings (SSSR count). The second kappa shape index (κ2) is 9.68. The Morgan fingerprint density at radius 1 is 0.818 bits per heavy atom. The number of aryl methyl sites for hydroxylation is 2. The smallest absolute Gasteiger partial charge is 0.319 e. The third kappa shape index (κ3) is 5.05. The van der Waals surface area contributed by atoms with E-state index in [4.69, 9.17) is 0 Å². The number of hydrogen-bond acceptors (Lipinski definition) is 5. The number of nitrogens with zero attached hydrogens (tertiary/aromatic N) is 6. The van der Waals surface area contributed by atoms with Crippen LogP contribution in [0.4, 0.5) is 16.3 Å². The number of hydrogen-bond donors (Lipinski definition) is 0. The molecular weight excluding hydrogens is 416 g/mol. The van der Waals surface area contributed by atoms with Gasteiger partial charge in [-0.05, 0) is 49.2 Å². The molecule has 0 N–H and O–H groups in total. The fourth-order valence-corrected chi connectivity index (χ4v) is 4.60. The summed E-state index contributed by atoms with van der Waals surface area (Å²) in [5, 5.41) is 0. The Balaban J connectivity index is 1.31. The van der Waals surface area contributed by atoms with Crippen molar-refractivity contribution in [3.8, 4) is 0 Å². The lowest BCUT2D eigenvalue weighted by atomic mass is 10.1. The maximum atomic E-state index is 13.1. The van der Waals surface area contributed by atoms with Gasteiger partial charge < -0.3 is 24.5 Å². The number of urea groups is 1. The van der Waals surface area contributed by atoms with Gasteiger partial charge in [-0.15, -0.1) is 0 Å². The Morgan fingerprint density at radius 3 is 1.97 bits per heavy atom. The van der Waals surface area contributed by atoms with Crippen molar-refractivity contribution < 1.29 is 9.59 Å². The van der Waals surface area contributed by atoms with E-state index in [1.165, 1.54) is 5.56 Å². The van der Waals surface area contributed by atoms with Crippen LogP contribution in [0.15, 0.2) is 36.5 Å². The number of benzene rings is 1. The van der Waals surface area contributed by atoms with E-state index >= 15 is 0 Å². The number of pyridine rings is 1. The molecule has 0 radical (unpaired) electrons. The van der Waals surface area contributed by atoms with Crippen LogP contribution in [0, 0.1) is 13.8 Å². The van der Waals surface area contributed by atoms with Crippen LogP contribution >= 0.6 is 0 Å². The molecule has 3 amide bonds. The molecule has 3 heterocycles. The number of rotatable bonds is 3. The number of amides is 3. The van der Waals surface area contributed by atoms with Crippen molar-refractivity contribution in [3.05, 3.63) is 53.2 Å². The van der Waals surface area contributed by atoms with E-state index in [0.29, 0.717) is 26.2 Å². The average molecular weight is 451 g/mol. The van der Waals surface area contributed by atoms with Crippen molar-refractivity contribution in [3.63, 3.8) is 0 Å². The van der Waals surface area contributed by atoms with E-state index < -0.39 is 0 Å². The summed E-state index contributed by atoms with van der Waals surface area (Å²) in [5.41, 5.74) is 4.15. The topological polar surface area (TPSA) is 63.2 Å². The van der Waals surface area contributed by atoms with Gasteiger partial charge in [-0.1, -0.05) is 6.07 Å². The molecule has 2 aliphatic rings. The first-order valence-corrected chi connectivity index (χ1v) is 11.6. The van der Waals surface area contributed by atoms with E-state index in [-0.39, 0.29) is 11.9 Å². The van der Waals surface area contributed by atoms with Crippen molar-refractivity contribution in [2.75, 3.05) is 76.3 Å². The molecule has 0 spiro atoms. The highest BCUT2D eigenvalue weighted by atomic mass is 16.2. The largest absolute Gasteiger partial charge is 0.368 e. The maximum Gasteiger partial charge on any atom is 0.319 e. The molecule has 2 aromatic rings. The van der Waals surface area contributed by atoms with Gasteiger partial charge in [-0.25, -0.2) is 9.78 Å². The normalized spacial score (nSPS) is 16.7. The van der Waals surface area contributed by atoms with Crippen molar-refractivity contribution in [2.24, 2.45) is 0 Å². The van der Waals surface area contributed by atoms with E-state index in [1.807, 2.05) is 40.3 Å². The van der Waals surface area contributed by atoms with E-state index in [2.05, 4.69) is 34.7 Å². The Morgan fingerprint density at radius 2 is 1.39 bits per heavy atom. The first-order valence-electron chi connectivity index (χ1n) is 11.6. The number of piperazine rings is 2. The lowest BCUT2D eigenvalue weighted by molar-refractivity contribution is 0.0746. The molecule has 0 bridgehead atoms. The highest BCUT2D eigenvalue weighted by Crippen LogP contribution is 2.22. The molecule has 0 unspecified atom stereocenters. The van der Waals surface area contributed by atoms with Crippen LogP contribution in [0.25, 0.3) is 0 Å². The first kappa shape index (κ1) is 22.9. The van der Waals surface area contributed by atoms with Crippen LogP contribution in [-0.4, -0.2) is 98.1 Å². The summed E-state index contributed by atoms with van der Waals surface area (Å²) in [4.78, 5) is 39.7. The molecule has 1 aromatic heterocycles. The van der Waals surface area contributed by atoms with Crippen molar-refractivity contribution in [1.29, 1.82) is 0 Å². The summed E-state index contributed by atoms with van der Waals surface area (Å²) in [6.07, 6.45) is 1.90. The molecule has 176 valence electrons. The first-order chi connectivity index (χ1) is 15.8. The minimum absolute atomic E-state index is 0.0593. The minimum Gasteiger partial charge on any atom is -0.368 e. The molecular formula is C25H34N6O2. The van der Waals surface area contributed by atoms with Gasteiger partial charge >= 0.3 is 6.03 Å². The van der Waals surface area contributed by atoms with Crippen molar-refractivity contribution in [1.82, 2.24) is 19.7 Å². The quantitative estimate of drug-likeness (QED) is 0.719. The molecule has 1 aromatic carbocycles. The highest BCUT2D eigenvalue weighted by molar-refractivity contribution is 5.94. The van der Waals surface area contributed by atoms with Crippen LogP contribution in [-0.2, 0) is 0 Å². The molecule has 8 heteroatoms. The van der Waals surface area contributed by atoms with Crippen LogP contribution in [0.5, 0.6) is 0 Å². The molecule has 33 heavy (non-hydrogen) atoms. The lowest BCUT2D eigenvalue weighted by Crippen LogP contribution is -2.51. The van der Waals surface area contributed by atoms with E-state index in [1.54, 1.807) is 19.0 Å². The molecule has 2 fully saturated rings. The highest BCUT2D eigenvalue weighted by Gasteiger charge is 2.25. The third-order valence-corrected chi connectivity index (χ3v) is 6.47. The summed E-state index contributed by atoms with van der Waals surface area (Å²) in [7, 11) is 3.56. The summed E-state index contributed by atoms with van der Waals surface area (Å²) in [6.45, 7) is 10.1. The predicted octanol–water partition coefficient (Wildman–Crippen LogP) is 2.46. The Kier molecular flexibility index (Phi) is 6.72. The Bertz CT molecular complexity index is 990. The van der Waals surface area contributed by atoms with Gasteiger partial charge in [0.1, 0.15) is 5.82 Å². The number of carbonyl (C=O) groups excluding carboxylic acids is 2. The molecule has 8 nitrogen and oxygen atoms in total. The lowest BCUT2D eigenvalue weighted by Gasteiger charge is -2.37. The molecule has 0 saturated carbocycles. The fourth-order valence-electron chi connectivity index (χ4n) is 4.60. The minimum atomic E-state index is 0.0593. The second-order valence-corrected chi connectivity index (χ2v) is 9.13. The maximum absolute atomic E-state index is 13.1. The van der Waals surface area contributed by atoms with Gasteiger partial charge in [-0.2, -0.15) is 0 Å². The van der Waals surface area contributed by atoms with Gasteiger partial charge in [0.05, 0.1) is 0 Å². The van der Waals surface area contributed by atoms with Gasteiger partial charge in [0, 0.05) is 83.9 Å².